The molecule has 0 amide bonds. The summed E-state index contributed by atoms with van der Waals surface area (Å²) in [5.74, 6) is 0.868. The van der Waals surface area contributed by atoms with Crippen molar-refractivity contribution in [2.24, 2.45) is 5.73 Å². The number of aryl methyl sites for hydroxylation is 1. The predicted molar refractivity (Wildman–Crippen MR) is 38.6 cm³/mol. The van der Waals surface area contributed by atoms with Gasteiger partial charge in [0, 0.05) is 18.5 Å². The lowest BCUT2D eigenvalue weighted by Gasteiger charge is -1.97. The van der Waals surface area contributed by atoms with E-state index in [4.69, 9.17) is 10.3 Å². The van der Waals surface area contributed by atoms with Gasteiger partial charge in [0.05, 0.1) is 5.69 Å². The highest BCUT2D eigenvalue weighted by atomic mass is 16.5. The molecule has 1 atom stereocenters. The molecule has 0 aliphatic carbocycles. The SMILES string of the molecule is Cc1cc(C[C@@H](C)N)on1. The van der Waals surface area contributed by atoms with E-state index in [0.29, 0.717) is 0 Å². The van der Waals surface area contributed by atoms with Crippen molar-refractivity contribution >= 4 is 0 Å². The molecule has 2 N–H and O–H groups in total. The molecule has 0 unspecified atom stereocenters. The fourth-order valence-electron chi connectivity index (χ4n) is 0.830. The smallest absolute Gasteiger partial charge is 0.138 e. The average Bonchev–Trinajstić information content (AvgIpc) is 2.13. The molecule has 0 saturated heterocycles. The molecule has 0 aromatic carbocycles. The highest BCUT2D eigenvalue weighted by Gasteiger charge is 2.02. The van der Waals surface area contributed by atoms with Gasteiger partial charge in [0.15, 0.2) is 0 Å². The van der Waals surface area contributed by atoms with Crippen LogP contribution in [0, 0.1) is 6.92 Å². The zero-order valence-electron chi connectivity index (χ0n) is 6.29. The van der Waals surface area contributed by atoms with Crippen molar-refractivity contribution in [3.63, 3.8) is 0 Å². The minimum atomic E-state index is 0.146. The van der Waals surface area contributed by atoms with Crippen molar-refractivity contribution in [3.05, 3.63) is 17.5 Å². The van der Waals surface area contributed by atoms with E-state index in [-0.39, 0.29) is 6.04 Å². The Hall–Kier alpha value is -0.830. The van der Waals surface area contributed by atoms with Gasteiger partial charge in [0.1, 0.15) is 5.76 Å². The summed E-state index contributed by atoms with van der Waals surface area (Å²) in [4.78, 5) is 0. The van der Waals surface area contributed by atoms with Crippen LogP contribution in [0.3, 0.4) is 0 Å². The second-order valence-corrected chi connectivity index (χ2v) is 2.62. The molecule has 0 bridgehead atoms. The quantitative estimate of drug-likeness (QED) is 0.663. The summed E-state index contributed by atoms with van der Waals surface area (Å²) < 4.78 is 4.95. The molecule has 1 rings (SSSR count). The lowest BCUT2D eigenvalue weighted by Crippen LogP contribution is -2.17. The van der Waals surface area contributed by atoms with Gasteiger partial charge in [0.25, 0.3) is 0 Å². The van der Waals surface area contributed by atoms with Gasteiger partial charge in [0.2, 0.25) is 0 Å². The Morgan fingerprint density at radius 1 is 1.80 bits per heavy atom. The summed E-state index contributed by atoms with van der Waals surface area (Å²) in [5, 5.41) is 3.74. The monoisotopic (exact) mass is 140 g/mol. The molecular weight excluding hydrogens is 128 g/mol. The molecule has 0 fully saturated rings. The highest BCUT2D eigenvalue weighted by molar-refractivity contribution is 5.03. The number of nitrogens with zero attached hydrogens (tertiary/aromatic N) is 1. The van der Waals surface area contributed by atoms with Gasteiger partial charge >= 0.3 is 0 Å². The van der Waals surface area contributed by atoms with Crippen LogP contribution in [0.5, 0.6) is 0 Å². The van der Waals surface area contributed by atoms with Crippen molar-refractivity contribution < 1.29 is 4.52 Å². The van der Waals surface area contributed by atoms with Crippen LogP contribution < -0.4 is 5.73 Å². The molecular formula is C7H12N2O. The molecule has 1 aromatic rings. The minimum Gasteiger partial charge on any atom is -0.361 e. The minimum absolute atomic E-state index is 0.146. The van der Waals surface area contributed by atoms with Crippen LogP contribution in [0.4, 0.5) is 0 Å². The van der Waals surface area contributed by atoms with E-state index in [1.807, 2.05) is 19.9 Å². The zero-order valence-corrected chi connectivity index (χ0v) is 6.29. The molecule has 0 aliphatic rings. The van der Waals surface area contributed by atoms with Crippen LogP contribution in [0.1, 0.15) is 18.4 Å². The second-order valence-electron chi connectivity index (χ2n) is 2.62. The number of nitrogens with two attached hydrogens (primary N) is 1. The molecule has 56 valence electrons. The Bertz CT molecular complexity index is 205. The van der Waals surface area contributed by atoms with E-state index in [1.54, 1.807) is 0 Å². The van der Waals surface area contributed by atoms with Crippen LogP contribution in [-0.2, 0) is 6.42 Å². The third kappa shape index (κ3) is 1.84. The molecule has 3 heteroatoms. The number of rotatable bonds is 2. The van der Waals surface area contributed by atoms with Crippen LogP contribution in [0.15, 0.2) is 10.6 Å². The lowest BCUT2D eigenvalue weighted by atomic mass is 10.2. The van der Waals surface area contributed by atoms with Crippen molar-refractivity contribution in [1.82, 2.24) is 5.16 Å². The Balaban J connectivity index is 2.58. The summed E-state index contributed by atoms with van der Waals surface area (Å²) in [6.45, 7) is 3.84. The molecule has 10 heavy (non-hydrogen) atoms. The van der Waals surface area contributed by atoms with E-state index in [2.05, 4.69) is 5.16 Å². The van der Waals surface area contributed by atoms with Crippen molar-refractivity contribution in [2.45, 2.75) is 26.3 Å². The Kier molecular flexibility index (Phi) is 2.06. The first-order valence-electron chi connectivity index (χ1n) is 3.36. The van der Waals surface area contributed by atoms with Gasteiger partial charge in [-0.15, -0.1) is 0 Å². The maximum absolute atomic E-state index is 5.55. The van der Waals surface area contributed by atoms with Gasteiger partial charge in [-0.3, -0.25) is 0 Å². The van der Waals surface area contributed by atoms with Gasteiger partial charge < -0.3 is 10.3 Å². The number of hydrogen-bond acceptors (Lipinski definition) is 3. The number of aromatic nitrogens is 1. The maximum Gasteiger partial charge on any atom is 0.138 e. The van der Waals surface area contributed by atoms with E-state index >= 15 is 0 Å². The van der Waals surface area contributed by atoms with Gasteiger partial charge in [-0.2, -0.15) is 0 Å². The Morgan fingerprint density at radius 3 is 2.90 bits per heavy atom. The zero-order chi connectivity index (χ0) is 7.56. The first-order chi connectivity index (χ1) is 4.68. The fourth-order valence-corrected chi connectivity index (χ4v) is 0.830. The summed E-state index contributed by atoms with van der Waals surface area (Å²) in [5.41, 5.74) is 6.46. The van der Waals surface area contributed by atoms with Gasteiger partial charge in [-0.1, -0.05) is 5.16 Å². The summed E-state index contributed by atoms with van der Waals surface area (Å²) in [7, 11) is 0. The molecule has 0 radical (unpaired) electrons. The predicted octanol–water partition coefficient (Wildman–Crippen LogP) is 0.873. The summed E-state index contributed by atoms with van der Waals surface area (Å²) >= 11 is 0. The van der Waals surface area contributed by atoms with E-state index < -0.39 is 0 Å². The van der Waals surface area contributed by atoms with Crippen molar-refractivity contribution in [3.8, 4) is 0 Å². The van der Waals surface area contributed by atoms with Crippen LogP contribution in [-0.4, -0.2) is 11.2 Å². The van der Waals surface area contributed by atoms with Crippen LogP contribution in [0.25, 0.3) is 0 Å². The number of hydrogen-bond donors (Lipinski definition) is 1. The second kappa shape index (κ2) is 2.84. The maximum atomic E-state index is 5.55. The third-order valence-corrected chi connectivity index (χ3v) is 1.20. The van der Waals surface area contributed by atoms with Gasteiger partial charge in [-0.25, -0.2) is 0 Å². The van der Waals surface area contributed by atoms with Crippen molar-refractivity contribution in [2.75, 3.05) is 0 Å². The molecule has 0 spiro atoms. The molecule has 0 aliphatic heterocycles. The normalized spacial score (nSPS) is 13.5. The largest absolute Gasteiger partial charge is 0.361 e. The highest BCUT2D eigenvalue weighted by Crippen LogP contribution is 2.03. The fraction of sp³-hybridized carbons (Fsp3) is 0.571. The van der Waals surface area contributed by atoms with Crippen LogP contribution in [0.2, 0.25) is 0 Å². The van der Waals surface area contributed by atoms with Gasteiger partial charge in [-0.05, 0) is 13.8 Å². The molecule has 3 nitrogen and oxygen atoms in total. The third-order valence-electron chi connectivity index (χ3n) is 1.20. The molecule has 1 aromatic heterocycles. The lowest BCUT2D eigenvalue weighted by molar-refractivity contribution is 0.373. The first-order valence-corrected chi connectivity index (χ1v) is 3.36. The van der Waals surface area contributed by atoms with E-state index in [0.717, 1.165) is 17.9 Å². The van der Waals surface area contributed by atoms with E-state index in [9.17, 15) is 0 Å². The summed E-state index contributed by atoms with van der Waals surface area (Å²) in [6, 6.07) is 2.05. The first kappa shape index (κ1) is 7.28. The van der Waals surface area contributed by atoms with Crippen molar-refractivity contribution in [1.29, 1.82) is 0 Å². The Morgan fingerprint density at radius 2 is 2.50 bits per heavy atom. The standard InChI is InChI=1S/C7H12N2O/c1-5(8)3-7-4-6(2)9-10-7/h4-5H,3,8H2,1-2H3/t5-/m1/s1. The average molecular weight is 140 g/mol. The van der Waals surface area contributed by atoms with Crippen LogP contribution >= 0.6 is 0 Å². The molecule has 1 heterocycles. The Labute approximate surface area is 60.2 Å². The topological polar surface area (TPSA) is 52.0 Å². The van der Waals surface area contributed by atoms with E-state index in [1.165, 1.54) is 0 Å². The molecule has 0 saturated carbocycles. The summed E-state index contributed by atoms with van der Waals surface area (Å²) in [6.07, 6.45) is 0.765.